The Balaban J connectivity index is 2.48. The molecule has 0 bridgehead atoms. The summed E-state index contributed by atoms with van der Waals surface area (Å²) in [7, 11) is 0. The van der Waals surface area contributed by atoms with E-state index in [-0.39, 0.29) is 0 Å². The van der Waals surface area contributed by atoms with Crippen LogP contribution in [0.15, 0.2) is 16.9 Å². The Labute approximate surface area is 56.1 Å². The molecule has 0 aromatic carbocycles. The summed E-state index contributed by atoms with van der Waals surface area (Å²) in [5.74, 6) is 1.01. The van der Waals surface area contributed by atoms with Crippen LogP contribution in [0.4, 0.5) is 0 Å². The molecule has 1 N–H and O–H groups in total. The second-order valence-corrected chi connectivity index (χ2v) is 1.65. The zero-order valence-corrected chi connectivity index (χ0v) is 4.90. The van der Waals surface area contributed by atoms with Gasteiger partial charge in [-0.15, -0.1) is 5.10 Å². The van der Waals surface area contributed by atoms with Crippen LogP contribution in [0.5, 0.6) is 0 Å². The molecule has 5 heteroatoms. The lowest BCUT2D eigenvalue weighted by Crippen LogP contribution is -1.74. The van der Waals surface area contributed by atoms with E-state index < -0.39 is 0 Å². The molecular formula is C5H3N4O. The van der Waals surface area contributed by atoms with Gasteiger partial charge in [0.05, 0.1) is 0 Å². The van der Waals surface area contributed by atoms with Gasteiger partial charge in [0.2, 0.25) is 5.76 Å². The fourth-order valence-corrected chi connectivity index (χ4v) is 0.633. The first-order chi connectivity index (χ1) is 4.97. The number of aromatic amines is 1. The van der Waals surface area contributed by atoms with E-state index in [0.717, 1.165) is 0 Å². The Morgan fingerprint density at radius 3 is 3.20 bits per heavy atom. The lowest BCUT2D eigenvalue weighted by molar-refractivity contribution is 0.402. The average molecular weight is 135 g/mol. The van der Waals surface area contributed by atoms with Gasteiger partial charge in [-0.25, -0.2) is 4.98 Å². The number of nitrogens with zero attached hydrogens (tertiary/aromatic N) is 3. The molecule has 0 amide bonds. The van der Waals surface area contributed by atoms with Gasteiger partial charge >= 0.3 is 0 Å². The van der Waals surface area contributed by atoms with E-state index in [4.69, 9.17) is 0 Å². The van der Waals surface area contributed by atoms with E-state index in [2.05, 4.69) is 31.1 Å². The van der Waals surface area contributed by atoms with Crippen molar-refractivity contribution in [1.82, 2.24) is 20.3 Å². The summed E-state index contributed by atoms with van der Waals surface area (Å²) in [5, 5.41) is 6.61. The van der Waals surface area contributed by atoms with Crippen molar-refractivity contribution in [3.05, 3.63) is 18.6 Å². The molecule has 2 aromatic rings. The average Bonchev–Trinajstić information content (AvgIpc) is 2.59. The van der Waals surface area contributed by atoms with Gasteiger partial charge in [-0.05, 0) is 0 Å². The summed E-state index contributed by atoms with van der Waals surface area (Å²) in [5.41, 5.74) is 0. The molecule has 0 aliphatic rings. The highest BCUT2D eigenvalue weighted by molar-refractivity contribution is 5.41. The topological polar surface area (TPSA) is 67.6 Å². The Kier molecular flexibility index (Phi) is 1.00. The molecule has 0 aliphatic heterocycles. The maximum atomic E-state index is 4.67. The molecule has 10 heavy (non-hydrogen) atoms. The first kappa shape index (κ1) is 5.16. The number of hydrogen-bond acceptors (Lipinski definition) is 4. The largest absolute Gasteiger partial charge is 0.342 e. The van der Waals surface area contributed by atoms with Gasteiger partial charge in [0.1, 0.15) is 0 Å². The van der Waals surface area contributed by atoms with Crippen LogP contribution in [0.2, 0.25) is 0 Å². The highest BCUT2D eigenvalue weighted by atomic mass is 16.5. The van der Waals surface area contributed by atoms with Crippen LogP contribution in [0, 0.1) is 6.20 Å². The van der Waals surface area contributed by atoms with Crippen LogP contribution in [0.1, 0.15) is 0 Å². The van der Waals surface area contributed by atoms with E-state index in [1.807, 2.05) is 0 Å². The lowest BCUT2D eigenvalue weighted by Gasteiger charge is -1.80. The van der Waals surface area contributed by atoms with Gasteiger partial charge in [0.15, 0.2) is 12.0 Å². The third kappa shape index (κ3) is 0.680. The van der Waals surface area contributed by atoms with E-state index >= 15 is 0 Å². The smallest absolute Gasteiger partial charge is 0.232 e. The zero-order chi connectivity index (χ0) is 6.81. The Morgan fingerprint density at radius 1 is 1.60 bits per heavy atom. The normalized spacial score (nSPS) is 10.0. The molecular weight excluding hydrogens is 132 g/mol. The number of hydrogen-bond donors (Lipinski definition) is 1. The van der Waals surface area contributed by atoms with Crippen LogP contribution in [0.3, 0.4) is 0 Å². The summed E-state index contributed by atoms with van der Waals surface area (Å²) in [6.07, 6.45) is 5.82. The molecule has 0 fully saturated rings. The third-order valence-electron chi connectivity index (χ3n) is 1.04. The third-order valence-corrected chi connectivity index (χ3v) is 1.04. The molecule has 0 atom stereocenters. The standard InChI is InChI=1S/C5H3N4O/c1-2-7-5(6-1)4-3-8-9-10-4/h1-2H,(H,6,7). The molecule has 1 radical (unpaired) electrons. The molecule has 5 nitrogen and oxygen atoms in total. The molecule has 0 aliphatic carbocycles. The second-order valence-electron chi connectivity index (χ2n) is 1.65. The van der Waals surface area contributed by atoms with Gasteiger partial charge in [-0.2, -0.15) is 0 Å². The maximum absolute atomic E-state index is 4.67. The fourth-order valence-electron chi connectivity index (χ4n) is 0.633. The Morgan fingerprint density at radius 2 is 2.60 bits per heavy atom. The van der Waals surface area contributed by atoms with Crippen LogP contribution in [0.25, 0.3) is 11.6 Å². The maximum Gasteiger partial charge on any atom is 0.232 e. The van der Waals surface area contributed by atoms with Crippen molar-refractivity contribution in [2.45, 2.75) is 0 Å². The SMILES string of the molecule is [c]1nnoc1-c1ncc[nH]1. The minimum Gasteiger partial charge on any atom is -0.342 e. The first-order valence-corrected chi connectivity index (χ1v) is 2.66. The molecule has 49 valence electrons. The highest BCUT2D eigenvalue weighted by Gasteiger charge is 2.03. The minimum atomic E-state index is 0.421. The van der Waals surface area contributed by atoms with Crippen molar-refractivity contribution in [3.63, 3.8) is 0 Å². The Hall–Kier alpha value is -1.65. The van der Waals surface area contributed by atoms with Crippen LogP contribution in [-0.4, -0.2) is 20.3 Å². The summed E-state index contributed by atoms with van der Waals surface area (Å²) in [6.45, 7) is 0. The van der Waals surface area contributed by atoms with Crippen molar-refractivity contribution in [1.29, 1.82) is 0 Å². The fraction of sp³-hybridized carbons (Fsp3) is 0. The number of imidazole rings is 1. The Bertz CT molecular complexity index is 253. The monoisotopic (exact) mass is 135 g/mol. The minimum absolute atomic E-state index is 0.421. The first-order valence-electron chi connectivity index (χ1n) is 2.66. The van der Waals surface area contributed by atoms with E-state index in [0.29, 0.717) is 11.6 Å². The van der Waals surface area contributed by atoms with Gasteiger partial charge in [0, 0.05) is 17.7 Å². The van der Waals surface area contributed by atoms with Gasteiger partial charge in [0.25, 0.3) is 0 Å². The lowest BCUT2D eigenvalue weighted by atomic mass is 10.5. The van der Waals surface area contributed by atoms with Gasteiger partial charge in [-0.1, -0.05) is 0 Å². The van der Waals surface area contributed by atoms with Crippen molar-refractivity contribution in [3.8, 4) is 11.6 Å². The molecule has 0 saturated carbocycles. The summed E-state index contributed by atoms with van der Waals surface area (Å²) in [4.78, 5) is 6.72. The van der Waals surface area contributed by atoms with Crippen LogP contribution >= 0.6 is 0 Å². The number of aromatic nitrogens is 4. The molecule has 0 unspecified atom stereocenters. The van der Waals surface area contributed by atoms with Crippen molar-refractivity contribution in [2.75, 3.05) is 0 Å². The van der Waals surface area contributed by atoms with Gasteiger partial charge < -0.3 is 9.51 Å². The molecule has 0 spiro atoms. The summed E-state index contributed by atoms with van der Waals surface area (Å²) < 4.78 is 4.67. The molecule has 2 rings (SSSR count). The van der Waals surface area contributed by atoms with Crippen LogP contribution in [-0.2, 0) is 0 Å². The van der Waals surface area contributed by atoms with Crippen LogP contribution < -0.4 is 0 Å². The van der Waals surface area contributed by atoms with Gasteiger partial charge in [-0.3, -0.25) is 0 Å². The molecule has 2 aromatic heterocycles. The second kappa shape index (κ2) is 1.94. The number of nitrogens with one attached hydrogen (secondary N) is 1. The number of rotatable bonds is 1. The summed E-state index contributed by atoms with van der Waals surface area (Å²) in [6, 6.07) is 0. The molecule has 2 heterocycles. The van der Waals surface area contributed by atoms with Crippen molar-refractivity contribution >= 4 is 0 Å². The zero-order valence-electron chi connectivity index (χ0n) is 4.90. The predicted octanol–water partition coefficient (Wildman–Crippen LogP) is 0.260. The highest BCUT2D eigenvalue weighted by Crippen LogP contribution is 2.08. The van der Waals surface area contributed by atoms with Crippen molar-refractivity contribution in [2.24, 2.45) is 0 Å². The van der Waals surface area contributed by atoms with E-state index in [1.165, 1.54) is 0 Å². The predicted molar refractivity (Wildman–Crippen MR) is 30.7 cm³/mol. The quantitative estimate of drug-likeness (QED) is 0.609. The van der Waals surface area contributed by atoms with Crippen molar-refractivity contribution < 1.29 is 4.52 Å². The van der Waals surface area contributed by atoms with E-state index in [1.54, 1.807) is 12.4 Å². The van der Waals surface area contributed by atoms with E-state index in [9.17, 15) is 0 Å². The number of H-pyrrole nitrogens is 1. The molecule has 0 saturated heterocycles. The summed E-state index contributed by atoms with van der Waals surface area (Å²) >= 11 is 0.